The number of benzene rings is 1. The number of nitrogens with zero attached hydrogens (tertiary/aromatic N) is 5. The topological polar surface area (TPSA) is 138 Å². The lowest BCUT2D eigenvalue weighted by molar-refractivity contribution is -0.118. The first kappa shape index (κ1) is 19.7. The van der Waals surface area contributed by atoms with Crippen molar-refractivity contribution in [3.63, 3.8) is 0 Å². The van der Waals surface area contributed by atoms with Crippen molar-refractivity contribution in [3.8, 4) is 5.75 Å². The van der Waals surface area contributed by atoms with Gasteiger partial charge in [0.1, 0.15) is 12.3 Å². The zero-order chi connectivity index (χ0) is 21.6. The number of aromatic nitrogens is 4. The number of hydrogen-bond donors (Lipinski definition) is 2. The number of nitrogens with two attached hydrogens (primary N) is 1. The van der Waals surface area contributed by atoms with E-state index in [9.17, 15) is 19.5 Å². The second-order valence-corrected chi connectivity index (χ2v) is 7.09. The van der Waals surface area contributed by atoms with Crippen molar-refractivity contribution in [1.82, 2.24) is 18.7 Å². The Morgan fingerprint density at radius 2 is 1.97 bits per heavy atom. The maximum atomic E-state index is 13.0. The van der Waals surface area contributed by atoms with Gasteiger partial charge in [0.15, 0.2) is 11.2 Å². The highest BCUT2D eigenvalue weighted by molar-refractivity contribution is 5.78. The molecule has 3 heterocycles. The van der Waals surface area contributed by atoms with Crippen LogP contribution in [0.2, 0.25) is 0 Å². The van der Waals surface area contributed by atoms with Crippen LogP contribution in [-0.4, -0.2) is 49.0 Å². The average molecular weight is 414 g/mol. The highest BCUT2D eigenvalue weighted by atomic mass is 16.5. The lowest BCUT2D eigenvalue weighted by Crippen LogP contribution is -2.43. The molecule has 2 aromatic heterocycles. The number of aliphatic hydroxyl groups excluding tert-OH is 1. The predicted octanol–water partition coefficient (Wildman–Crippen LogP) is -0.707. The predicted molar refractivity (Wildman–Crippen MR) is 109 cm³/mol. The molecular formula is C19H22N6O5. The summed E-state index contributed by atoms with van der Waals surface area (Å²) < 4.78 is 9.02. The van der Waals surface area contributed by atoms with E-state index >= 15 is 0 Å². The van der Waals surface area contributed by atoms with Crippen LogP contribution < -0.4 is 26.6 Å². The van der Waals surface area contributed by atoms with Gasteiger partial charge in [-0.15, -0.1) is 0 Å². The van der Waals surface area contributed by atoms with Gasteiger partial charge in [-0.25, -0.2) is 9.36 Å². The maximum absolute atomic E-state index is 13.0. The van der Waals surface area contributed by atoms with Crippen molar-refractivity contribution in [2.24, 2.45) is 12.8 Å². The van der Waals surface area contributed by atoms with E-state index in [1.54, 1.807) is 9.47 Å². The van der Waals surface area contributed by atoms with Gasteiger partial charge in [0.2, 0.25) is 11.9 Å². The molecule has 0 bridgehead atoms. The summed E-state index contributed by atoms with van der Waals surface area (Å²) in [5, 5.41) is 10.5. The Hall–Kier alpha value is -3.60. The molecule has 1 aromatic carbocycles. The number of ether oxygens (including phenoxy) is 1. The Bertz CT molecular complexity index is 1240. The molecule has 4 rings (SSSR count). The van der Waals surface area contributed by atoms with E-state index in [0.29, 0.717) is 18.3 Å². The molecule has 11 heteroatoms. The summed E-state index contributed by atoms with van der Waals surface area (Å²) in [6.45, 7) is 2.30. The third-order valence-electron chi connectivity index (χ3n) is 5.01. The van der Waals surface area contributed by atoms with Crippen LogP contribution in [0, 0.1) is 0 Å². The van der Waals surface area contributed by atoms with Crippen LogP contribution in [0.25, 0.3) is 11.2 Å². The quantitative estimate of drug-likeness (QED) is 0.563. The van der Waals surface area contributed by atoms with Crippen LogP contribution in [0.1, 0.15) is 6.92 Å². The van der Waals surface area contributed by atoms with Crippen LogP contribution in [-0.2, 0) is 24.9 Å². The van der Waals surface area contributed by atoms with Crippen molar-refractivity contribution in [3.05, 3.63) is 45.1 Å². The molecule has 1 atom stereocenters. The molecule has 11 nitrogen and oxygen atoms in total. The Morgan fingerprint density at radius 3 is 2.60 bits per heavy atom. The van der Waals surface area contributed by atoms with Crippen LogP contribution in [0.4, 0.5) is 11.6 Å². The van der Waals surface area contributed by atoms with Gasteiger partial charge in [0, 0.05) is 12.7 Å². The first-order chi connectivity index (χ1) is 14.3. The summed E-state index contributed by atoms with van der Waals surface area (Å²) in [6, 6.07) is 7.28. The molecule has 158 valence electrons. The Balaban J connectivity index is 1.92. The molecule has 3 aromatic rings. The smallest absolute Gasteiger partial charge is 0.332 e. The molecule has 0 saturated heterocycles. The van der Waals surface area contributed by atoms with E-state index in [4.69, 9.17) is 10.5 Å². The summed E-state index contributed by atoms with van der Waals surface area (Å²) in [4.78, 5) is 43.2. The van der Waals surface area contributed by atoms with Crippen molar-refractivity contribution in [2.45, 2.75) is 26.1 Å². The van der Waals surface area contributed by atoms with Crippen LogP contribution in [0.5, 0.6) is 5.75 Å². The molecule has 30 heavy (non-hydrogen) atoms. The van der Waals surface area contributed by atoms with Gasteiger partial charge < -0.3 is 25.0 Å². The average Bonchev–Trinajstić information content (AvgIpc) is 3.09. The molecule has 0 fully saturated rings. The van der Waals surface area contributed by atoms with Gasteiger partial charge in [0.25, 0.3) is 5.56 Å². The van der Waals surface area contributed by atoms with E-state index in [-0.39, 0.29) is 24.3 Å². The summed E-state index contributed by atoms with van der Waals surface area (Å²) in [6.07, 6.45) is -0.775. The van der Waals surface area contributed by atoms with E-state index in [1.807, 2.05) is 31.2 Å². The van der Waals surface area contributed by atoms with Crippen molar-refractivity contribution in [1.29, 1.82) is 0 Å². The minimum Gasteiger partial charge on any atom is -0.494 e. The summed E-state index contributed by atoms with van der Waals surface area (Å²) in [5.74, 6) is 0.329. The molecule has 3 N–H and O–H groups in total. The molecule has 0 unspecified atom stereocenters. The number of hydrogen-bond acceptors (Lipinski definition) is 7. The van der Waals surface area contributed by atoms with Crippen molar-refractivity contribution in [2.75, 3.05) is 18.1 Å². The third-order valence-corrected chi connectivity index (χ3v) is 5.01. The molecule has 1 amide bonds. The van der Waals surface area contributed by atoms with Gasteiger partial charge in [-0.2, -0.15) is 4.98 Å². The molecule has 0 spiro atoms. The van der Waals surface area contributed by atoms with E-state index in [1.165, 1.54) is 11.6 Å². The molecule has 0 radical (unpaired) electrons. The number of imidazole rings is 1. The largest absolute Gasteiger partial charge is 0.494 e. The standard InChI is InChI=1S/C19H22N6O5/c1-3-30-13-6-4-11(5-7-13)23-8-12(26)9-24-15-16(21-18(23)24)22(2)19(29)25(17(15)28)10-14(20)27/h4-7,12,26H,3,8-10H2,1-2H3,(H2,20,27)/t12-/m1/s1. The Kier molecular flexibility index (Phi) is 4.82. The number of rotatable bonds is 5. The first-order valence-electron chi connectivity index (χ1n) is 9.48. The highest BCUT2D eigenvalue weighted by Gasteiger charge is 2.30. The second-order valence-electron chi connectivity index (χ2n) is 7.09. The van der Waals surface area contributed by atoms with E-state index in [0.717, 1.165) is 10.3 Å². The van der Waals surface area contributed by atoms with Gasteiger partial charge in [-0.3, -0.25) is 14.2 Å². The number of carbonyl (C=O) groups excluding carboxylic acids is 1. The number of primary amides is 1. The zero-order valence-electron chi connectivity index (χ0n) is 16.6. The van der Waals surface area contributed by atoms with E-state index < -0.39 is 29.8 Å². The normalized spacial score (nSPS) is 16.0. The summed E-state index contributed by atoms with van der Waals surface area (Å²) >= 11 is 0. The van der Waals surface area contributed by atoms with Crippen molar-refractivity contribution < 1.29 is 14.6 Å². The fourth-order valence-corrected chi connectivity index (χ4v) is 3.71. The van der Waals surface area contributed by atoms with Gasteiger partial charge in [-0.05, 0) is 31.2 Å². The SMILES string of the molecule is CCOc1ccc(N2C[C@@H](O)Cn3c2nc2c3c(=O)n(CC(N)=O)c(=O)n2C)cc1. The zero-order valence-corrected chi connectivity index (χ0v) is 16.6. The lowest BCUT2D eigenvalue weighted by atomic mass is 10.2. The number of aryl methyl sites for hydroxylation is 1. The van der Waals surface area contributed by atoms with E-state index in [2.05, 4.69) is 4.98 Å². The first-order valence-corrected chi connectivity index (χ1v) is 9.48. The highest BCUT2D eigenvalue weighted by Crippen LogP contribution is 2.32. The van der Waals surface area contributed by atoms with Gasteiger partial charge in [0.05, 0.1) is 25.8 Å². The summed E-state index contributed by atoms with van der Waals surface area (Å²) in [7, 11) is 1.47. The fraction of sp³-hybridized carbons (Fsp3) is 0.368. The molecular weight excluding hydrogens is 392 g/mol. The Labute approximate surface area is 170 Å². The maximum Gasteiger partial charge on any atom is 0.332 e. The minimum absolute atomic E-state index is 0.128. The van der Waals surface area contributed by atoms with Gasteiger partial charge in [-0.1, -0.05) is 0 Å². The summed E-state index contributed by atoms with van der Waals surface area (Å²) in [5.41, 5.74) is 4.88. The molecule has 1 aliphatic heterocycles. The molecule has 0 aliphatic carbocycles. The number of anilines is 2. The number of amides is 1. The van der Waals surface area contributed by atoms with Crippen molar-refractivity contribution >= 4 is 28.7 Å². The second kappa shape index (κ2) is 7.34. The van der Waals surface area contributed by atoms with Crippen LogP contribution in [0.15, 0.2) is 33.9 Å². The van der Waals surface area contributed by atoms with Crippen LogP contribution >= 0.6 is 0 Å². The Morgan fingerprint density at radius 1 is 1.27 bits per heavy atom. The third kappa shape index (κ3) is 3.12. The van der Waals surface area contributed by atoms with Gasteiger partial charge >= 0.3 is 5.69 Å². The number of aliphatic hydroxyl groups is 1. The minimum atomic E-state index is -0.803. The molecule has 1 aliphatic rings. The van der Waals surface area contributed by atoms with Crippen LogP contribution in [0.3, 0.4) is 0 Å². The number of β-amino-alcohol motifs (C(OH)–C–C–N with tert-alkyl or cyclic N) is 1. The fourth-order valence-electron chi connectivity index (χ4n) is 3.71. The molecule has 0 saturated carbocycles. The number of carbonyl (C=O) groups is 1. The lowest BCUT2D eigenvalue weighted by Gasteiger charge is -2.32. The monoisotopic (exact) mass is 414 g/mol. The number of fused-ring (bicyclic) bond motifs is 3.